The topological polar surface area (TPSA) is 73.0 Å². The van der Waals surface area contributed by atoms with Crippen LogP contribution >= 0.6 is 0 Å². The summed E-state index contributed by atoms with van der Waals surface area (Å²) in [7, 11) is 1.61. The van der Waals surface area contributed by atoms with Crippen LogP contribution in [0.25, 0.3) is 5.69 Å². The van der Waals surface area contributed by atoms with Crippen LogP contribution in [-0.2, 0) is 6.54 Å². The molecule has 2 aromatic rings. The average molecular weight is 261 g/mol. The van der Waals surface area contributed by atoms with Crippen LogP contribution in [0.5, 0.6) is 5.75 Å². The molecule has 0 bridgehead atoms. The van der Waals surface area contributed by atoms with Gasteiger partial charge < -0.3 is 10.5 Å². The summed E-state index contributed by atoms with van der Waals surface area (Å²) in [6.45, 7) is 4.30. The van der Waals surface area contributed by atoms with E-state index in [-0.39, 0.29) is 18.0 Å². The first-order chi connectivity index (χ1) is 9.08. The van der Waals surface area contributed by atoms with Gasteiger partial charge in [0.15, 0.2) is 0 Å². The van der Waals surface area contributed by atoms with Crippen LogP contribution in [0.3, 0.4) is 0 Å². The van der Waals surface area contributed by atoms with Gasteiger partial charge in [0.1, 0.15) is 5.75 Å². The summed E-state index contributed by atoms with van der Waals surface area (Å²) < 4.78 is 6.63. The van der Waals surface area contributed by atoms with Gasteiger partial charge in [-0.15, -0.1) is 0 Å². The highest BCUT2D eigenvalue weighted by atomic mass is 16.5. The monoisotopic (exact) mass is 261 g/mol. The Labute approximate surface area is 112 Å². The highest BCUT2D eigenvalue weighted by Gasteiger charge is 2.16. The van der Waals surface area contributed by atoms with Gasteiger partial charge in [-0.25, -0.2) is 4.68 Å². The molecular formula is C14H19N3O2. The van der Waals surface area contributed by atoms with E-state index in [1.165, 1.54) is 4.68 Å². The zero-order valence-electron chi connectivity index (χ0n) is 11.4. The minimum atomic E-state index is -0.0867. The molecule has 102 valence electrons. The molecule has 2 rings (SSSR count). The van der Waals surface area contributed by atoms with E-state index in [2.05, 4.69) is 5.10 Å². The molecule has 0 atom stereocenters. The maximum absolute atomic E-state index is 12.3. The fourth-order valence-electron chi connectivity index (χ4n) is 2.08. The molecule has 1 aromatic carbocycles. The Morgan fingerprint density at radius 2 is 1.95 bits per heavy atom. The third-order valence-electron chi connectivity index (χ3n) is 3.13. The Bertz CT molecular complexity index is 609. The van der Waals surface area contributed by atoms with Crippen molar-refractivity contribution in [1.29, 1.82) is 0 Å². The van der Waals surface area contributed by atoms with Gasteiger partial charge in [-0.2, -0.15) is 0 Å². The van der Waals surface area contributed by atoms with E-state index >= 15 is 0 Å². The van der Waals surface area contributed by atoms with E-state index in [1.54, 1.807) is 7.11 Å². The first-order valence-corrected chi connectivity index (χ1v) is 6.26. The smallest absolute Gasteiger partial charge is 0.275 e. The second kappa shape index (κ2) is 5.32. The van der Waals surface area contributed by atoms with Gasteiger partial charge in [-0.05, 0) is 30.2 Å². The molecule has 5 heteroatoms. The average Bonchev–Trinajstić information content (AvgIpc) is 2.76. The molecule has 0 unspecified atom stereocenters. The van der Waals surface area contributed by atoms with Crippen LogP contribution in [0, 0.1) is 0 Å². The van der Waals surface area contributed by atoms with Crippen LogP contribution in [0.1, 0.15) is 31.0 Å². The standard InChI is InChI=1S/C14H19N3O2/c1-9(2)13-12(8-15)14(18)17(16-13)10-4-6-11(19-3)7-5-10/h4-7,9,16H,8,15H2,1-3H3. The number of ether oxygens (including phenoxy) is 1. The Balaban J connectivity index is 2.53. The van der Waals surface area contributed by atoms with E-state index in [0.29, 0.717) is 5.56 Å². The number of nitrogens with zero attached hydrogens (tertiary/aromatic N) is 1. The van der Waals surface area contributed by atoms with Gasteiger partial charge in [0.25, 0.3) is 5.56 Å². The minimum Gasteiger partial charge on any atom is -0.497 e. The number of nitrogens with one attached hydrogen (secondary N) is 1. The van der Waals surface area contributed by atoms with Crippen molar-refractivity contribution in [2.45, 2.75) is 26.3 Å². The normalized spacial score (nSPS) is 11.0. The summed E-state index contributed by atoms with van der Waals surface area (Å²) in [5.74, 6) is 0.984. The molecule has 3 N–H and O–H groups in total. The van der Waals surface area contributed by atoms with Gasteiger partial charge in [0.05, 0.1) is 18.4 Å². The van der Waals surface area contributed by atoms with E-state index in [4.69, 9.17) is 10.5 Å². The number of nitrogens with two attached hydrogens (primary N) is 1. The van der Waals surface area contributed by atoms with E-state index < -0.39 is 0 Å². The van der Waals surface area contributed by atoms with Gasteiger partial charge >= 0.3 is 0 Å². The molecule has 0 amide bonds. The van der Waals surface area contributed by atoms with Crippen LogP contribution in [0.2, 0.25) is 0 Å². The fraction of sp³-hybridized carbons (Fsp3) is 0.357. The first-order valence-electron chi connectivity index (χ1n) is 6.26. The third-order valence-corrected chi connectivity index (χ3v) is 3.13. The van der Waals surface area contributed by atoms with Gasteiger partial charge in [-0.3, -0.25) is 9.89 Å². The number of rotatable bonds is 4. The summed E-state index contributed by atoms with van der Waals surface area (Å²) in [5.41, 5.74) is 7.89. The second-order valence-corrected chi connectivity index (χ2v) is 4.70. The number of hydrogen-bond donors (Lipinski definition) is 2. The number of aromatic amines is 1. The number of methoxy groups -OCH3 is 1. The molecule has 1 aromatic heterocycles. The molecule has 19 heavy (non-hydrogen) atoms. The van der Waals surface area contributed by atoms with Crippen LogP contribution < -0.4 is 16.0 Å². The number of aromatic nitrogens is 2. The zero-order chi connectivity index (χ0) is 14.0. The molecule has 0 fully saturated rings. The highest BCUT2D eigenvalue weighted by molar-refractivity contribution is 5.38. The molecule has 1 heterocycles. The lowest BCUT2D eigenvalue weighted by atomic mass is 10.1. The largest absolute Gasteiger partial charge is 0.497 e. The number of H-pyrrole nitrogens is 1. The van der Waals surface area contributed by atoms with E-state index in [0.717, 1.165) is 17.1 Å². The van der Waals surface area contributed by atoms with E-state index in [9.17, 15) is 4.79 Å². The van der Waals surface area contributed by atoms with E-state index in [1.807, 2.05) is 38.1 Å². The van der Waals surface area contributed by atoms with Crippen molar-refractivity contribution < 1.29 is 4.74 Å². The van der Waals surface area contributed by atoms with Crippen LogP contribution in [0.15, 0.2) is 29.1 Å². The van der Waals surface area contributed by atoms with Crippen molar-refractivity contribution >= 4 is 0 Å². The Hall–Kier alpha value is -2.01. The van der Waals surface area contributed by atoms with Crippen molar-refractivity contribution in [3.8, 4) is 11.4 Å². The van der Waals surface area contributed by atoms with Crippen LogP contribution in [0.4, 0.5) is 0 Å². The Kier molecular flexibility index (Phi) is 3.76. The molecule has 0 saturated carbocycles. The molecule has 0 saturated heterocycles. The quantitative estimate of drug-likeness (QED) is 0.880. The zero-order valence-corrected chi connectivity index (χ0v) is 11.4. The Morgan fingerprint density at radius 3 is 2.37 bits per heavy atom. The lowest BCUT2D eigenvalue weighted by Crippen LogP contribution is -2.19. The second-order valence-electron chi connectivity index (χ2n) is 4.70. The van der Waals surface area contributed by atoms with Crippen molar-refractivity contribution in [3.05, 3.63) is 45.9 Å². The maximum atomic E-state index is 12.3. The maximum Gasteiger partial charge on any atom is 0.275 e. The van der Waals surface area contributed by atoms with Crippen molar-refractivity contribution in [2.24, 2.45) is 5.73 Å². The number of benzene rings is 1. The molecule has 0 radical (unpaired) electrons. The van der Waals surface area contributed by atoms with Crippen LogP contribution in [-0.4, -0.2) is 16.9 Å². The number of hydrogen-bond acceptors (Lipinski definition) is 3. The summed E-state index contributed by atoms with van der Waals surface area (Å²) in [4.78, 5) is 12.3. The fourth-order valence-corrected chi connectivity index (χ4v) is 2.08. The van der Waals surface area contributed by atoms with Gasteiger partial charge in [0.2, 0.25) is 0 Å². The first kappa shape index (κ1) is 13.4. The lowest BCUT2D eigenvalue weighted by Gasteiger charge is -2.05. The molecule has 0 spiro atoms. The molecule has 0 aliphatic carbocycles. The summed E-state index contributed by atoms with van der Waals surface area (Å²) in [6.07, 6.45) is 0. The predicted octanol–water partition coefficient (Wildman–Crippen LogP) is 1.76. The molecule has 5 nitrogen and oxygen atoms in total. The predicted molar refractivity (Wildman–Crippen MR) is 74.9 cm³/mol. The minimum absolute atomic E-state index is 0.0867. The summed E-state index contributed by atoms with van der Waals surface area (Å²) >= 11 is 0. The van der Waals surface area contributed by atoms with Gasteiger partial charge in [0, 0.05) is 12.2 Å². The summed E-state index contributed by atoms with van der Waals surface area (Å²) in [5, 5.41) is 3.14. The summed E-state index contributed by atoms with van der Waals surface area (Å²) in [6, 6.07) is 7.31. The lowest BCUT2D eigenvalue weighted by molar-refractivity contribution is 0.414. The van der Waals surface area contributed by atoms with Crippen molar-refractivity contribution in [3.63, 3.8) is 0 Å². The Morgan fingerprint density at radius 1 is 1.32 bits per heavy atom. The third kappa shape index (κ3) is 2.42. The molecule has 0 aliphatic heterocycles. The highest BCUT2D eigenvalue weighted by Crippen LogP contribution is 2.17. The van der Waals surface area contributed by atoms with Crippen molar-refractivity contribution in [1.82, 2.24) is 9.78 Å². The van der Waals surface area contributed by atoms with Crippen molar-refractivity contribution in [2.75, 3.05) is 7.11 Å². The van der Waals surface area contributed by atoms with Gasteiger partial charge in [-0.1, -0.05) is 13.8 Å². The molecule has 0 aliphatic rings. The SMILES string of the molecule is COc1ccc(-n2[nH]c(C(C)C)c(CN)c2=O)cc1. The molecular weight excluding hydrogens is 242 g/mol.